The van der Waals surface area contributed by atoms with Gasteiger partial charge in [-0.3, -0.25) is 9.58 Å². The summed E-state index contributed by atoms with van der Waals surface area (Å²) in [6, 6.07) is 2.66. The Morgan fingerprint density at radius 3 is 2.87 bits per heavy atom. The van der Waals surface area contributed by atoms with Crippen molar-refractivity contribution in [2.24, 2.45) is 0 Å². The van der Waals surface area contributed by atoms with Crippen molar-refractivity contribution in [2.45, 2.75) is 72.1 Å². The van der Waals surface area contributed by atoms with Gasteiger partial charge in [-0.25, -0.2) is 4.68 Å². The molecule has 0 unspecified atom stereocenters. The van der Waals surface area contributed by atoms with Crippen LogP contribution in [0.2, 0.25) is 0 Å². The molecule has 3 heterocycles. The largest absolute Gasteiger partial charge is 0.291 e. The van der Waals surface area contributed by atoms with E-state index in [1.807, 2.05) is 4.68 Å². The van der Waals surface area contributed by atoms with Gasteiger partial charge in [0.2, 0.25) is 0 Å². The van der Waals surface area contributed by atoms with Crippen LogP contribution >= 0.6 is 0 Å². The van der Waals surface area contributed by atoms with Crippen LogP contribution in [0.4, 0.5) is 0 Å². The number of tetrazole rings is 1. The number of unbranched alkanes of at least 4 members (excludes halogenated alkanes) is 1. The Hall–Kier alpha value is -1.76. The first kappa shape index (κ1) is 16.1. The normalized spacial score (nSPS) is 18.8. The molecule has 126 valence electrons. The van der Waals surface area contributed by atoms with E-state index < -0.39 is 0 Å². The van der Waals surface area contributed by atoms with Crippen molar-refractivity contribution in [3.8, 4) is 0 Å². The second kappa shape index (κ2) is 7.21. The second-order valence-corrected chi connectivity index (χ2v) is 6.55. The standard InChI is InChI=1S/C16H27N7/c1-4-5-9-22-16(17-19-20-22)12-21-8-6-7-15(21)11-23-14(3)10-13(2)18-23/h10,15H,4-9,11-12H2,1-3H3/t15-/m0/s1. The van der Waals surface area contributed by atoms with E-state index in [-0.39, 0.29) is 0 Å². The molecule has 2 aromatic heterocycles. The number of aryl methyl sites for hydroxylation is 3. The predicted molar refractivity (Wildman–Crippen MR) is 87.9 cm³/mol. The van der Waals surface area contributed by atoms with Crippen molar-refractivity contribution in [1.82, 2.24) is 34.9 Å². The molecule has 0 aliphatic carbocycles. The molecule has 23 heavy (non-hydrogen) atoms. The monoisotopic (exact) mass is 317 g/mol. The maximum absolute atomic E-state index is 4.61. The zero-order valence-corrected chi connectivity index (χ0v) is 14.4. The van der Waals surface area contributed by atoms with Crippen LogP contribution in [-0.2, 0) is 19.6 Å². The van der Waals surface area contributed by atoms with Crippen molar-refractivity contribution in [3.63, 3.8) is 0 Å². The number of aromatic nitrogens is 6. The Labute approximate surface area is 137 Å². The summed E-state index contributed by atoms with van der Waals surface area (Å²) in [7, 11) is 0. The number of hydrogen-bond acceptors (Lipinski definition) is 5. The minimum absolute atomic E-state index is 0.518. The summed E-state index contributed by atoms with van der Waals surface area (Å²) >= 11 is 0. The van der Waals surface area contributed by atoms with Crippen LogP contribution in [0.25, 0.3) is 0 Å². The average Bonchev–Trinajstić information content (AvgIpc) is 3.21. The molecule has 0 radical (unpaired) electrons. The molecule has 0 aromatic carbocycles. The lowest BCUT2D eigenvalue weighted by atomic mass is 10.2. The minimum atomic E-state index is 0.518. The van der Waals surface area contributed by atoms with Gasteiger partial charge in [-0.05, 0) is 56.1 Å². The number of likely N-dealkylation sites (tertiary alicyclic amines) is 1. The molecule has 1 fully saturated rings. The molecule has 3 rings (SSSR count). The summed E-state index contributed by atoms with van der Waals surface area (Å²) in [4.78, 5) is 2.50. The van der Waals surface area contributed by atoms with Crippen LogP contribution in [0.1, 0.15) is 49.8 Å². The van der Waals surface area contributed by atoms with Crippen molar-refractivity contribution in [3.05, 3.63) is 23.3 Å². The summed E-state index contributed by atoms with van der Waals surface area (Å²) in [5.74, 6) is 0.985. The summed E-state index contributed by atoms with van der Waals surface area (Å²) in [5, 5.41) is 16.8. The SMILES string of the molecule is CCCCn1nnnc1CN1CCC[C@H]1Cn1nc(C)cc1C. The fourth-order valence-electron chi connectivity index (χ4n) is 3.37. The molecular weight excluding hydrogens is 290 g/mol. The van der Waals surface area contributed by atoms with Crippen molar-refractivity contribution < 1.29 is 0 Å². The molecule has 2 aromatic rings. The van der Waals surface area contributed by atoms with Crippen molar-refractivity contribution in [1.29, 1.82) is 0 Å². The van der Waals surface area contributed by atoms with Gasteiger partial charge in [0.05, 0.1) is 18.8 Å². The highest BCUT2D eigenvalue weighted by Gasteiger charge is 2.27. The van der Waals surface area contributed by atoms with E-state index in [1.165, 1.54) is 18.5 Å². The van der Waals surface area contributed by atoms with Crippen LogP contribution in [0.15, 0.2) is 6.07 Å². The molecule has 0 saturated carbocycles. The Morgan fingerprint density at radius 2 is 2.13 bits per heavy atom. The zero-order chi connectivity index (χ0) is 16.2. The number of rotatable bonds is 7. The highest BCUT2D eigenvalue weighted by atomic mass is 15.5. The van der Waals surface area contributed by atoms with Crippen molar-refractivity contribution >= 4 is 0 Å². The number of hydrogen-bond donors (Lipinski definition) is 0. The molecule has 0 bridgehead atoms. The first-order chi connectivity index (χ1) is 11.2. The van der Waals surface area contributed by atoms with Gasteiger partial charge in [0.25, 0.3) is 0 Å². The van der Waals surface area contributed by atoms with Gasteiger partial charge in [0.1, 0.15) is 0 Å². The highest BCUT2D eigenvalue weighted by molar-refractivity contribution is 5.07. The van der Waals surface area contributed by atoms with Gasteiger partial charge in [-0.2, -0.15) is 5.10 Å². The Balaban J connectivity index is 1.65. The van der Waals surface area contributed by atoms with Gasteiger partial charge >= 0.3 is 0 Å². The summed E-state index contributed by atoms with van der Waals surface area (Å²) in [5.41, 5.74) is 2.33. The van der Waals surface area contributed by atoms with E-state index in [4.69, 9.17) is 0 Å². The van der Waals surface area contributed by atoms with Crippen LogP contribution in [-0.4, -0.2) is 47.5 Å². The lowest BCUT2D eigenvalue weighted by molar-refractivity contribution is 0.209. The predicted octanol–water partition coefficient (Wildman–Crippen LogP) is 1.95. The molecule has 1 saturated heterocycles. The zero-order valence-electron chi connectivity index (χ0n) is 14.4. The first-order valence-electron chi connectivity index (χ1n) is 8.67. The topological polar surface area (TPSA) is 64.7 Å². The van der Waals surface area contributed by atoms with Crippen LogP contribution in [0.5, 0.6) is 0 Å². The Morgan fingerprint density at radius 1 is 1.26 bits per heavy atom. The van der Waals surface area contributed by atoms with E-state index in [0.29, 0.717) is 6.04 Å². The third-order valence-electron chi connectivity index (χ3n) is 4.66. The molecule has 1 atom stereocenters. The molecule has 7 heteroatoms. The number of nitrogens with zero attached hydrogens (tertiary/aromatic N) is 7. The molecule has 0 spiro atoms. The fourth-order valence-corrected chi connectivity index (χ4v) is 3.37. The molecular formula is C16H27N7. The van der Waals surface area contributed by atoms with E-state index in [1.54, 1.807) is 0 Å². The minimum Gasteiger partial charge on any atom is -0.291 e. The van der Waals surface area contributed by atoms with Gasteiger partial charge in [-0.1, -0.05) is 13.3 Å². The molecule has 1 aliphatic rings. The first-order valence-corrected chi connectivity index (χ1v) is 8.67. The summed E-state index contributed by atoms with van der Waals surface area (Å²) in [6.07, 6.45) is 4.73. The Kier molecular flexibility index (Phi) is 5.05. The maximum atomic E-state index is 4.61. The third kappa shape index (κ3) is 3.77. The van der Waals surface area contributed by atoms with Gasteiger partial charge in [0.15, 0.2) is 5.82 Å². The van der Waals surface area contributed by atoms with Gasteiger partial charge < -0.3 is 0 Å². The second-order valence-electron chi connectivity index (χ2n) is 6.55. The van der Waals surface area contributed by atoms with E-state index in [9.17, 15) is 0 Å². The maximum Gasteiger partial charge on any atom is 0.165 e. The van der Waals surface area contributed by atoms with E-state index >= 15 is 0 Å². The van der Waals surface area contributed by atoms with Crippen molar-refractivity contribution in [2.75, 3.05) is 6.54 Å². The lowest BCUT2D eigenvalue weighted by Gasteiger charge is -2.24. The molecule has 0 N–H and O–H groups in total. The fraction of sp³-hybridized carbons (Fsp3) is 0.750. The summed E-state index contributed by atoms with van der Waals surface area (Å²) < 4.78 is 4.10. The van der Waals surface area contributed by atoms with Crippen LogP contribution in [0, 0.1) is 13.8 Å². The van der Waals surface area contributed by atoms with Gasteiger partial charge in [0, 0.05) is 18.3 Å². The molecule has 1 aliphatic heterocycles. The van der Waals surface area contributed by atoms with E-state index in [2.05, 4.69) is 57.0 Å². The highest BCUT2D eigenvalue weighted by Crippen LogP contribution is 2.21. The van der Waals surface area contributed by atoms with Crippen LogP contribution in [0.3, 0.4) is 0 Å². The average molecular weight is 317 g/mol. The molecule has 7 nitrogen and oxygen atoms in total. The third-order valence-corrected chi connectivity index (χ3v) is 4.66. The smallest absolute Gasteiger partial charge is 0.165 e. The lowest BCUT2D eigenvalue weighted by Crippen LogP contribution is -2.34. The van der Waals surface area contributed by atoms with Crippen LogP contribution < -0.4 is 0 Å². The quantitative estimate of drug-likeness (QED) is 0.781. The van der Waals surface area contributed by atoms with Gasteiger partial charge in [-0.15, -0.1) is 5.10 Å². The molecule has 0 amide bonds. The summed E-state index contributed by atoms with van der Waals surface area (Å²) in [6.45, 7) is 10.2. The Bertz CT molecular complexity index is 630. The van der Waals surface area contributed by atoms with E-state index in [0.717, 1.165) is 50.5 Å².